The van der Waals surface area contributed by atoms with Gasteiger partial charge in [0.1, 0.15) is 0 Å². The summed E-state index contributed by atoms with van der Waals surface area (Å²) in [6.07, 6.45) is 2.33. The van der Waals surface area contributed by atoms with Crippen LogP contribution < -0.4 is 16.0 Å². The minimum Gasteiger partial charge on any atom is -0.357 e. The van der Waals surface area contributed by atoms with Gasteiger partial charge in [-0.1, -0.05) is 53.4 Å². The minimum atomic E-state index is -0.505. The van der Waals surface area contributed by atoms with E-state index in [0.717, 1.165) is 10.7 Å². The predicted molar refractivity (Wildman–Crippen MR) is 98.7 cm³/mol. The smallest absolute Gasteiger partial charge is 0.321 e. The Balaban J connectivity index is 1.41. The van der Waals surface area contributed by atoms with Gasteiger partial charge in [0, 0.05) is 12.6 Å². The molecule has 0 spiro atoms. The maximum atomic E-state index is 12.1. The third-order valence-corrected chi connectivity index (χ3v) is 5.53. The van der Waals surface area contributed by atoms with E-state index in [-0.39, 0.29) is 5.91 Å². The monoisotopic (exact) mass is 377 g/mol. The molecule has 3 rings (SSSR count). The number of nitrogens with zero attached hydrogens (tertiary/aromatic N) is 2. The molecule has 1 saturated carbocycles. The van der Waals surface area contributed by atoms with Gasteiger partial charge in [0.05, 0.1) is 5.25 Å². The van der Waals surface area contributed by atoms with Gasteiger partial charge in [-0.05, 0) is 25.3 Å². The number of hydrogen-bond donors (Lipinski definition) is 3. The largest absolute Gasteiger partial charge is 0.357 e. The van der Waals surface area contributed by atoms with Crippen LogP contribution in [-0.4, -0.2) is 33.4 Å². The summed E-state index contributed by atoms with van der Waals surface area (Å²) in [7, 11) is 0. The summed E-state index contributed by atoms with van der Waals surface area (Å²) in [6, 6.07) is 9.52. The van der Waals surface area contributed by atoms with Gasteiger partial charge in [-0.25, -0.2) is 4.79 Å². The second-order valence-corrected chi connectivity index (χ2v) is 8.27. The van der Waals surface area contributed by atoms with E-state index in [2.05, 4.69) is 26.1 Å². The predicted octanol–water partition coefficient (Wildman–Crippen LogP) is 2.62. The van der Waals surface area contributed by atoms with Gasteiger partial charge in [0.15, 0.2) is 4.34 Å². The molecule has 1 aliphatic rings. The lowest BCUT2D eigenvalue weighted by Gasteiger charge is -2.10. The Labute approximate surface area is 154 Å². The summed E-state index contributed by atoms with van der Waals surface area (Å²) < 4.78 is 0.704. The van der Waals surface area contributed by atoms with E-state index < -0.39 is 11.3 Å². The number of hydrogen-bond acceptors (Lipinski definition) is 7. The lowest BCUT2D eigenvalue weighted by Crippen LogP contribution is -2.42. The molecule has 3 amide bonds. The van der Waals surface area contributed by atoms with Gasteiger partial charge >= 0.3 is 6.03 Å². The highest BCUT2D eigenvalue weighted by Crippen LogP contribution is 2.31. The van der Waals surface area contributed by atoms with Crippen LogP contribution in [0.15, 0.2) is 34.7 Å². The molecule has 1 aliphatic carbocycles. The first kappa shape index (κ1) is 17.7. The van der Waals surface area contributed by atoms with Gasteiger partial charge < -0.3 is 10.6 Å². The fraction of sp³-hybridized carbons (Fsp3) is 0.375. The Kier molecular flexibility index (Phi) is 5.87. The Morgan fingerprint density at radius 1 is 1.28 bits per heavy atom. The number of carbonyl (C=O) groups is 2. The van der Waals surface area contributed by atoms with Crippen molar-refractivity contribution in [2.24, 2.45) is 0 Å². The summed E-state index contributed by atoms with van der Waals surface area (Å²) in [5.41, 5.74) is 0.970. The molecule has 132 valence electrons. The zero-order chi connectivity index (χ0) is 17.6. The summed E-state index contributed by atoms with van der Waals surface area (Å²) in [6.45, 7) is 2.11. The summed E-state index contributed by atoms with van der Waals surface area (Å²) in [4.78, 5) is 23.9. The van der Waals surface area contributed by atoms with Crippen molar-refractivity contribution in [2.75, 3.05) is 5.32 Å². The van der Waals surface area contributed by atoms with Crippen molar-refractivity contribution in [3.8, 4) is 0 Å². The van der Waals surface area contributed by atoms with Gasteiger partial charge in [-0.3, -0.25) is 10.1 Å². The third kappa shape index (κ3) is 5.71. The molecule has 1 aromatic carbocycles. The SMILES string of the molecule is C[C@H](Sc1nnc(NC2CC2)s1)C(=O)NC(=O)NCc1ccccc1. The van der Waals surface area contributed by atoms with Crippen LogP contribution >= 0.6 is 23.1 Å². The second kappa shape index (κ2) is 8.30. The lowest BCUT2D eigenvalue weighted by atomic mass is 10.2. The molecule has 0 saturated heterocycles. The average Bonchev–Trinajstić information content (AvgIpc) is 3.32. The van der Waals surface area contributed by atoms with Gasteiger partial charge in [-0.15, -0.1) is 10.2 Å². The highest BCUT2D eigenvalue weighted by molar-refractivity contribution is 8.02. The standard InChI is InChI=1S/C16H19N5O2S2/c1-10(24-16-21-20-15(25-16)18-12-7-8-12)13(22)19-14(23)17-9-11-5-3-2-4-6-11/h2-6,10,12H,7-9H2,1H3,(H,18,20)(H2,17,19,22,23)/t10-/m0/s1. The molecule has 25 heavy (non-hydrogen) atoms. The minimum absolute atomic E-state index is 0.359. The summed E-state index contributed by atoms with van der Waals surface area (Å²) >= 11 is 2.71. The van der Waals surface area contributed by atoms with Crippen molar-refractivity contribution in [2.45, 2.75) is 41.9 Å². The van der Waals surface area contributed by atoms with E-state index in [1.807, 2.05) is 30.3 Å². The van der Waals surface area contributed by atoms with E-state index >= 15 is 0 Å². The number of amides is 3. The molecular formula is C16H19N5O2S2. The zero-order valence-electron chi connectivity index (χ0n) is 13.7. The highest BCUT2D eigenvalue weighted by atomic mass is 32.2. The van der Waals surface area contributed by atoms with Crippen LogP contribution in [0.3, 0.4) is 0 Å². The topological polar surface area (TPSA) is 96.0 Å². The molecule has 0 radical (unpaired) electrons. The van der Waals surface area contributed by atoms with Crippen LogP contribution in [0.4, 0.5) is 9.93 Å². The van der Waals surface area contributed by atoms with E-state index in [1.54, 1.807) is 6.92 Å². The molecule has 1 atom stereocenters. The second-order valence-electron chi connectivity index (χ2n) is 5.71. The quantitative estimate of drug-likeness (QED) is 0.642. The van der Waals surface area contributed by atoms with E-state index in [1.165, 1.54) is 35.9 Å². The first-order valence-electron chi connectivity index (χ1n) is 7.99. The molecular weight excluding hydrogens is 358 g/mol. The first-order valence-corrected chi connectivity index (χ1v) is 9.69. The normalized spacial score (nSPS) is 14.6. The fourth-order valence-electron chi connectivity index (χ4n) is 1.96. The Morgan fingerprint density at radius 2 is 2.04 bits per heavy atom. The Bertz CT molecular complexity index is 733. The van der Waals surface area contributed by atoms with Crippen LogP contribution in [-0.2, 0) is 11.3 Å². The summed E-state index contributed by atoms with van der Waals surface area (Å²) in [5, 5.41) is 16.7. The zero-order valence-corrected chi connectivity index (χ0v) is 15.3. The average molecular weight is 377 g/mol. The molecule has 7 nitrogen and oxygen atoms in total. The molecule has 1 aromatic heterocycles. The number of benzene rings is 1. The van der Waals surface area contributed by atoms with Crippen LogP contribution in [0.5, 0.6) is 0 Å². The van der Waals surface area contributed by atoms with E-state index in [0.29, 0.717) is 16.9 Å². The number of aromatic nitrogens is 2. The highest BCUT2D eigenvalue weighted by Gasteiger charge is 2.23. The first-order chi connectivity index (χ1) is 12.1. The van der Waals surface area contributed by atoms with Crippen molar-refractivity contribution in [3.05, 3.63) is 35.9 Å². The van der Waals surface area contributed by atoms with Gasteiger partial charge in [-0.2, -0.15) is 0 Å². The number of urea groups is 1. The molecule has 0 bridgehead atoms. The molecule has 0 aliphatic heterocycles. The molecule has 2 aromatic rings. The Hall–Kier alpha value is -2.13. The number of anilines is 1. The van der Waals surface area contributed by atoms with Crippen LogP contribution in [0.2, 0.25) is 0 Å². The van der Waals surface area contributed by atoms with Crippen LogP contribution in [0.25, 0.3) is 0 Å². The number of nitrogens with one attached hydrogen (secondary N) is 3. The Morgan fingerprint density at radius 3 is 2.76 bits per heavy atom. The van der Waals surface area contributed by atoms with Crippen molar-refractivity contribution in [1.29, 1.82) is 0 Å². The van der Waals surface area contributed by atoms with Gasteiger partial charge in [0.25, 0.3) is 0 Å². The summed E-state index contributed by atoms with van der Waals surface area (Å²) in [5.74, 6) is -0.359. The lowest BCUT2D eigenvalue weighted by molar-refractivity contribution is -0.119. The number of carbonyl (C=O) groups excluding carboxylic acids is 2. The van der Waals surface area contributed by atoms with Crippen LogP contribution in [0, 0.1) is 0 Å². The fourth-order valence-corrected chi connectivity index (χ4v) is 3.93. The van der Waals surface area contributed by atoms with Crippen molar-refractivity contribution >= 4 is 40.2 Å². The number of rotatable bonds is 7. The maximum Gasteiger partial charge on any atom is 0.321 e. The van der Waals surface area contributed by atoms with Crippen molar-refractivity contribution < 1.29 is 9.59 Å². The number of thioether (sulfide) groups is 1. The van der Waals surface area contributed by atoms with E-state index in [9.17, 15) is 9.59 Å². The maximum absolute atomic E-state index is 12.1. The molecule has 9 heteroatoms. The molecule has 3 N–H and O–H groups in total. The van der Waals surface area contributed by atoms with E-state index in [4.69, 9.17) is 0 Å². The molecule has 1 fully saturated rings. The van der Waals surface area contributed by atoms with Gasteiger partial charge in [0.2, 0.25) is 11.0 Å². The van der Waals surface area contributed by atoms with Crippen molar-refractivity contribution in [3.63, 3.8) is 0 Å². The molecule has 1 heterocycles. The number of imide groups is 1. The third-order valence-electron chi connectivity index (χ3n) is 3.49. The van der Waals surface area contributed by atoms with Crippen LogP contribution in [0.1, 0.15) is 25.3 Å². The molecule has 0 unspecified atom stereocenters. The van der Waals surface area contributed by atoms with Crippen molar-refractivity contribution in [1.82, 2.24) is 20.8 Å².